The third kappa shape index (κ3) is 7.83. The van der Waals surface area contributed by atoms with Crippen LogP contribution in [0.1, 0.15) is 6.92 Å². The van der Waals surface area contributed by atoms with E-state index in [9.17, 15) is 9.90 Å². The van der Waals surface area contributed by atoms with Crippen molar-refractivity contribution in [1.82, 2.24) is 9.97 Å². The van der Waals surface area contributed by atoms with Gasteiger partial charge in [-0.1, -0.05) is 0 Å². The summed E-state index contributed by atoms with van der Waals surface area (Å²) in [5, 5.41) is 17.3. The van der Waals surface area contributed by atoms with Crippen molar-refractivity contribution in [2.24, 2.45) is 0 Å². The molecule has 0 aliphatic carbocycles. The number of ether oxygens (including phenoxy) is 3. The minimum Gasteiger partial charge on any atom is -0.547 e. The van der Waals surface area contributed by atoms with Crippen molar-refractivity contribution in [3.63, 3.8) is 0 Å². The molecule has 19 heavy (non-hydrogen) atoms. The Balaban J connectivity index is 0. The van der Waals surface area contributed by atoms with Crippen molar-refractivity contribution in [2.75, 3.05) is 21.3 Å². The molecule has 0 aromatic carbocycles. The summed E-state index contributed by atoms with van der Waals surface area (Å²) >= 11 is 0. The first-order valence-electron chi connectivity index (χ1n) is 4.84. The Morgan fingerprint density at radius 1 is 1.32 bits per heavy atom. The molecule has 1 aromatic rings. The first kappa shape index (κ1) is 20.2. The molecule has 102 valence electrons. The first-order valence-corrected chi connectivity index (χ1v) is 4.84. The van der Waals surface area contributed by atoms with Gasteiger partial charge in [-0.05, 0) is 6.92 Å². The zero-order chi connectivity index (χ0) is 14.1. The molecule has 1 aromatic heterocycles. The average Bonchev–Trinajstić information content (AvgIpc) is 2.38. The number of carboxylic acid groups (broad SMARTS) is 1. The van der Waals surface area contributed by atoms with E-state index in [1.807, 2.05) is 0 Å². The third-order valence-electron chi connectivity index (χ3n) is 1.64. The summed E-state index contributed by atoms with van der Waals surface area (Å²) in [6.07, 6.45) is 0.148. The van der Waals surface area contributed by atoms with Gasteiger partial charge in [-0.3, -0.25) is 0 Å². The van der Waals surface area contributed by atoms with Gasteiger partial charge in [-0.15, -0.1) is 0 Å². The van der Waals surface area contributed by atoms with Gasteiger partial charge in [0.15, 0.2) is 5.75 Å². The van der Waals surface area contributed by atoms with Gasteiger partial charge < -0.3 is 29.2 Å². The van der Waals surface area contributed by atoms with Crippen LogP contribution in [0.25, 0.3) is 0 Å². The number of hydrogen-bond acceptors (Lipinski definition) is 8. The minimum absolute atomic E-state index is 0. The van der Waals surface area contributed by atoms with Gasteiger partial charge in [0.05, 0.1) is 39.6 Å². The number of aliphatic carboxylic acids is 1. The number of nitrogens with zero attached hydrogens (tertiary/aromatic N) is 2. The molecular formula is C10H15N2NaO6. The summed E-state index contributed by atoms with van der Waals surface area (Å²) in [6.45, 7) is 1.13. The number of rotatable bonds is 4. The van der Waals surface area contributed by atoms with Crippen LogP contribution in [0, 0.1) is 0 Å². The van der Waals surface area contributed by atoms with Crippen LogP contribution in [0.2, 0.25) is 0 Å². The number of aromatic nitrogens is 2. The summed E-state index contributed by atoms with van der Waals surface area (Å²) < 4.78 is 14.7. The van der Waals surface area contributed by atoms with E-state index in [1.54, 1.807) is 0 Å². The minimum atomic E-state index is -1.44. The molecule has 1 heterocycles. The number of methoxy groups -OCH3 is 3. The van der Waals surface area contributed by atoms with Crippen LogP contribution in [0.3, 0.4) is 0 Å². The molecule has 0 aliphatic heterocycles. The fourth-order valence-electron chi connectivity index (χ4n) is 0.724. The molecule has 1 N–H and O–H groups in total. The average molecular weight is 282 g/mol. The van der Waals surface area contributed by atoms with Crippen molar-refractivity contribution in [3.05, 3.63) is 6.20 Å². The number of carbonyl (C=O) groups is 1. The van der Waals surface area contributed by atoms with Gasteiger partial charge in [-0.2, -0.15) is 9.97 Å². The van der Waals surface area contributed by atoms with Gasteiger partial charge in [0, 0.05) is 0 Å². The molecule has 0 amide bonds. The number of carboxylic acids is 1. The smallest absolute Gasteiger partial charge is 0.547 e. The quantitative estimate of drug-likeness (QED) is 0.551. The Morgan fingerprint density at radius 3 is 2.16 bits per heavy atom. The molecule has 8 nitrogen and oxygen atoms in total. The molecule has 1 rings (SSSR count). The normalized spacial score (nSPS) is 10.2. The Labute approximate surface area is 133 Å². The third-order valence-corrected chi connectivity index (χ3v) is 1.64. The number of aliphatic hydroxyl groups excluding tert-OH is 1. The Kier molecular flexibility index (Phi) is 11.5. The van der Waals surface area contributed by atoms with Gasteiger partial charge in [0.25, 0.3) is 5.88 Å². The maximum atomic E-state index is 9.34. The standard InChI is InChI=1S/C7H10N2O3.C3H6O3.Na/c1-10-5-4-8-7(12-3)9-6(5)11-2;1-2(4)3(5)6;/h4H,1-3H3;2,4H,1H3,(H,5,6);/q;;+1/p-1. The fourth-order valence-corrected chi connectivity index (χ4v) is 0.724. The largest absolute Gasteiger partial charge is 1.00 e. The number of carbonyl (C=O) groups excluding carboxylic acids is 1. The van der Waals surface area contributed by atoms with E-state index in [-0.39, 0.29) is 35.6 Å². The molecule has 1 unspecified atom stereocenters. The van der Waals surface area contributed by atoms with Gasteiger partial charge in [0.1, 0.15) is 0 Å². The zero-order valence-corrected chi connectivity index (χ0v) is 13.5. The maximum Gasteiger partial charge on any atom is 1.00 e. The second kappa shape index (κ2) is 10.8. The van der Waals surface area contributed by atoms with Crippen LogP contribution in [0.15, 0.2) is 6.20 Å². The zero-order valence-electron chi connectivity index (χ0n) is 11.5. The van der Waals surface area contributed by atoms with Gasteiger partial charge in [-0.25, -0.2) is 0 Å². The van der Waals surface area contributed by atoms with E-state index in [1.165, 1.54) is 27.5 Å². The molecule has 0 aliphatic rings. The predicted octanol–water partition coefficient (Wildman–Crippen LogP) is -4.38. The molecule has 0 bridgehead atoms. The Bertz CT molecular complexity index is 388. The first-order chi connectivity index (χ1) is 8.46. The van der Waals surface area contributed by atoms with E-state index in [0.717, 1.165) is 6.92 Å². The molecule has 0 spiro atoms. The predicted molar refractivity (Wildman–Crippen MR) is 58.4 cm³/mol. The summed E-state index contributed by atoms with van der Waals surface area (Å²) in [7, 11) is 4.51. The van der Waals surface area contributed by atoms with Crippen LogP contribution >= 0.6 is 0 Å². The van der Waals surface area contributed by atoms with E-state index in [0.29, 0.717) is 11.6 Å². The topological polar surface area (TPSA) is 114 Å². The molecular weight excluding hydrogens is 267 g/mol. The second-order valence-electron chi connectivity index (χ2n) is 2.93. The SMILES string of the molecule is CC(O)C(=O)[O-].COc1ncc(OC)c(OC)n1.[Na+]. The monoisotopic (exact) mass is 282 g/mol. The Morgan fingerprint density at radius 2 is 1.84 bits per heavy atom. The van der Waals surface area contributed by atoms with Crippen LogP contribution < -0.4 is 48.9 Å². The van der Waals surface area contributed by atoms with E-state index >= 15 is 0 Å². The van der Waals surface area contributed by atoms with Crippen molar-refractivity contribution in [3.8, 4) is 17.6 Å². The molecule has 1 atom stereocenters. The fraction of sp³-hybridized carbons (Fsp3) is 0.500. The maximum absolute atomic E-state index is 9.34. The number of hydrogen-bond donors (Lipinski definition) is 1. The second-order valence-corrected chi connectivity index (χ2v) is 2.93. The molecule has 0 saturated carbocycles. The summed E-state index contributed by atoms with van der Waals surface area (Å²) in [6, 6.07) is 0.257. The molecule has 0 fully saturated rings. The van der Waals surface area contributed by atoms with Crippen LogP contribution in [-0.4, -0.2) is 48.5 Å². The van der Waals surface area contributed by atoms with E-state index < -0.39 is 12.1 Å². The summed E-state index contributed by atoms with van der Waals surface area (Å²) in [5.41, 5.74) is 0. The van der Waals surface area contributed by atoms with Crippen LogP contribution in [0.5, 0.6) is 17.6 Å². The Hall–Kier alpha value is -1.09. The van der Waals surface area contributed by atoms with Crippen LogP contribution in [-0.2, 0) is 4.79 Å². The van der Waals surface area contributed by atoms with E-state index in [2.05, 4.69) is 9.97 Å². The van der Waals surface area contributed by atoms with Crippen molar-refractivity contribution >= 4 is 5.97 Å². The molecule has 0 radical (unpaired) electrons. The summed E-state index contributed by atoms with van der Waals surface area (Å²) in [5.74, 6) is -0.586. The molecule has 9 heteroatoms. The van der Waals surface area contributed by atoms with Crippen molar-refractivity contribution in [1.29, 1.82) is 0 Å². The van der Waals surface area contributed by atoms with Crippen molar-refractivity contribution < 1.29 is 58.8 Å². The summed E-state index contributed by atoms with van der Waals surface area (Å²) in [4.78, 5) is 17.1. The van der Waals surface area contributed by atoms with Crippen molar-refractivity contribution in [2.45, 2.75) is 13.0 Å². The number of aliphatic hydroxyl groups is 1. The van der Waals surface area contributed by atoms with Gasteiger partial charge in [0.2, 0.25) is 0 Å². The van der Waals surface area contributed by atoms with Gasteiger partial charge >= 0.3 is 35.6 Å². The molecule has 0 saturated heterocycles. The van der Waals surface area contributed by atoms with Crippen LogP contribution in [0.4, 0.5) is 0 Å². The van der Waals surface area contributed by atoms with E-state index in [4.69, 9.17) is 19.3 Å².